The van der Waals surface area contributed by atoms with Crippen molar-refractivity contribution in [3.05, 3.63) is 42.5 Å². The fourth-order valence-corrected chi connectivity index (χ4v) is 2.47. The monoisotopic (exact) mass is 263 g/mol. The summed E-state index contributed by atoms with van der Waals surface area (Å²) in [5.74, 6) is 1.08. The molecular weight excluding hydrogens is 244 g/mol. The molecule has 0 saturated heterocycles. The Hall–Kier alpha value is -1.33. The molecule has 18 heavy (non-hydrogen) atoms. The molecule has 0 fully saturated rings. The number of hydrogen-bond acceptors (Lipinski definition) is 3. The van der Waals surface area contributed by atoms with Crippen molar-refractivity contribution in [2.75, 3.05) is 12.3 Å². The summed E-state index contributed by atoms with van der Waals surface area (Å²) >= 11 is 1.72. The Morgan fingerprint density at radius 2 is 2.11 bits per heavy atom. The van der Waals surface area contributed by atoms with Crippen molar-refractivity contribution in [3.8, 4) is 0 Å². The number of rotatable bonds is 7. The molecular formula is C13H19N4S+. The molecule has 0 atom stereocenters. The van der Waals surface area contributed by atoms with Crippen LogP contribution in [0.4, 0.5) is 0 Å². The summed E-state index contributed by atoms with van der Waals surface area (Å²) < 4.78 is 2.17. The highest BCUT2D eigenvalue weighted by atomic mass is 32.2. The standard InChI is InChI=1S/C13H18N4S/c1-17-9-2-5-12(17)11-14-6-4-10-18-13-15-7-3-8-16-13/h2-3,5,7-9,14H,4,6,10-11H2,1H3/p+1. The summed E-state index contributed by atoms with van der Waals surface area (Å²) in [6.07, 6.45) is 6.84. The number of thioether (sulfide) groups is 1. The van der Waals surface area contributed by atoms with Crippen LogP contribution in [-0.2, 0) is 13.6 Å². The lowest BCUT2D eigenvalue weighted by atomic mass is 10.4. The summed E-state index contributed by atoms with van der Waals surface area (Å²) in [6, 6.07) is 6.10. The quantitative estimate of drug-likeness (QED) is 0.462. The maximum absolute atomic E-state index is 4.19. The molecule has 0 radical (unpaired) electrons. The number of aryl methyl sites for hydroxylation is 1. The van der Waals surface area contributed by atoms with E-state index in [9.17, 15) is 0 Å². The second kappa shape index (κ2) is 7.18. The van der Waals surface area contributed by atoms with Gasteiger partial charge in [0.05, 0.1) is 12.2 Å². The van der Waals surface area contributed by atoms with Crippen molar-refractivity contribution in [1.29, 1.82) is 0 Å². The van der Waals surface area contributed by atoms with Gasteiger partial charge >= 0.3 is 0 Å². The minimum absolute atomic E-state index is 0.875. The van der Waals surface area contributed by atoms with Gasteiger partial charge in [0.1, 0.15) is 6.54 Å². The Morgan fingerprint density at radius 3 is 2.83 bits per heavy atom. The molecule has 0 aliphatic rings. The maximum atomic E-state index is 4.19. The lowest BCUT2D eigenvalue weighted by molar-refractivity contribution is -0.671. The first kappa shape index (κ1) is 13.1. The number of nitrogens with two attached hydrogens (primary N) is 1. The number of aromatic nitrogens is 3. The molecule has 0 aliphatic heterocycles. The van der Waals surface area contributed by atoms with Gasteiger partial charge < -0.3 is 9.88 Å². The molecule has 2 aromatic rings. The first-order chi connectivity index (χ1) is 8.86. The SMILES string of the molecule is Cn1cccc1C[NH2+]CCCSc1ncccn1. The lowest BCUT2D eigenvalue weighted by Crippen LogP contribution is -2.82. The second-order valence-corrected chi connectivity index (χ2v) is 5.19. The minimum atomic E-state index is 0.875. The Bertz CT molecular complexity index is 455. The average Bonchev–Trinajstić information content (AvgIpc) is 2.81. The van der Waals surface area contributed by atoms with E-state index in [0.717, 1.165) is 24.0 Å². The van der Waals surface area contributed by atoms with E-state index >= 15 is 0 Å². The van der Waals surface area contributed by atoms with Gasteiger partial charge in [-0.25, -0.2) is 9.97 Å². The molecule has 0 spiro atoms. The summed E-state index contributed by atoms with van der Waals surface area (Å²) in [6.45, 7) is 2.20. The van der Waals surface area contributed by atoms with E-state index in [1.54, 1.807) is 24.2 Å². The summed E-state index contributed by atoms with van der Waals surface area (Å²) in [7, 11) is 2.09. The summed E-state index contributed by atoms with van der Waals surface area (Å²) in [4.78, 5) is 8.37. The van der Waals surface area contributed by atoms with E-state index in [0.29, 0.717) is 0 Å². The van der Waals surface area contributed by atoms with Crippen molar-refractivity contribution < 1.29 is 5.32 Å². The molecule has 5 heteroatoms. The van der Waals surface area contributed by atoms with Gasteiger partial charge in [0.15, 0.2) is 5.16 Å². The van der Waals surface area contributed by atoms with E-state index in [4.69, 9.17) is 0 Å². The third-order valence-electron chi connectivity index (χ3n) is 2.73. The highest BCUT2D eigenvalue weighted by Crippen LogP contribution is 2.10. The van der Waals surface area contributed by atoms with Crippen LogP contribution in [-0.4, -0.2) is 26.8 Å². The van der Waals surface area contributed by atoms with Crippen LogP contribution in [0.15, 0.2) is 41.9 Å². The molecule has 0 saturated carbocycles. The van der Waals surface area contributed by atoms with E-state index in [2.05, 4.69) is 45.2 Å². The number of nitrogens with zero attached hydrogens (tertiary/aromatic N) is 3. The first-order valence-electron chi connectivity index (χ1n) is 6.18. The van der Waals surface area contributed by atoms with Crippen molar-refractivity contribution >= 4 is 11.8 Å². The predicted octanol–water partition coefficient (Wildman–Crippen LogP) is 1.06. The van der Waals surface area contributed by atoms with E-state index in [-0.39, 0.29) is 0 Å². The van der Waals surface area contributed by atoms with Crippen LogP contribution in [0.5, 0.6) is 0 Å². The van der Waals surface area contributed by atoms with Gasteiger partial charge in [0.25, 0.3) is 0 Å². The zero-order valence-corrected chi connectivity index (χ0v) is 11.4. The second-order valence-electron chi connectivity index (χ2n) is 4.13. The Labute approximate surface area is 112 Å². The topological polar surface area (TPSA) is 47.3 Å². The van der Waals surface area contributed by atoms with Gasteiger partial charge in [0, 0.05) is 37.8 Å². The summed E-state index contributed by atoms with van der Waals surface area (Å²) in [5, 5.41) is 3.22. The van der Waals surface area contributed by atoms with E-state index < -0.39 is 0 Å². The van der Waals surface area contributed by atoms with Crippen molar-refractivity contribution in [1.82, 2.24) is 14.5 Å². The molecule has 2 N–H and O–H groups in total. The zero-order chi connectivity index (χ0) is 12.6. The van der Waals surface area contributed by atoms with Gasteiger partial charge in [-0.15, -0.1) is 0 Å². The molecule has 2 rings (SSSR count). The number of quaternary nitrogens is 1. The predicted molar refractivity (Wildman–Crippen MR) is 73.3 cm³/mol. The smallest absolute Gasteiger partial charge is 0.187 e. The Morgan fingerprint density at radius 1 is 1.28 bits per heavy atom. The lowest BCUT2D eigenvalue weighted by Gasteiger charge is -2.03. The van der Waals surface area contributed by atoms with Crippen molar-refractivity contribution in [2.45, 2.75) is 18.1 Å². The molecule has 96 valence electrons. The average molecular weight is 263 g/mol. The van der Waals surface area contributed by atoms with Crippen LogP contribution >= 0.6 is 11.8 Å². The fraction of sp³-hybridized carbons (Fsp3) is 0.385. The van der Waals surface area contributed by atoms with Gasteiger partial charge in [-0.2, -0.15) is 0 Å². The van der Waals surface area contributed by atoms with Crippen LogP contribution in [0.3, 0.4) is 0 Å². The molecule has 0 amide bonds. The maximum Gasteiger partial charge on any atom is 0.187 e. The molecule has 2 heterocycles. The van der Waals surface area contributed by atoms with Crippen LogP contribution in [0.2, 0.25) is 0 Å². The number of hydrogen-bond donors (Lipinski definition) is 1. The molecule has 4 nitrogen and oxygen atoms in total. The fourth-order valence-electron chi connectivity index (χ4n) is 1.71. The van der Waals surface area contributed by atoms with Crippen LogP contribution in [0, 0.1) is 0 Å². The molecule has 0 unspecified atom stereocenters. The minimum Gasteiger partial charge on any atom is -0.350 e. The Kier molecular flexibility index (Phi) is 5.23. The van der Waals surface area contributed by atoms with Gasteiger partial charge in [0.2, 0.25) is 0 Å². The molecule has 0 aromatic carbocycles. The van der Waals surface area contributed by atoms with Gasteiger partial charge in [-0.05, 0) is 18.2 Å². The van der Waals surface area contributed by atoms with Crippen LogP contribution in [0.1, 0.15) is 12.1 Å². The largest absolute Gasteiger partial charge is 0.350 e. The van der Waals surface area contributed by atoms with Crippen molar-refractivity contribution in [3.63, 3.8) is 0 Å². The van der Waals surface area contributed by atoms with E-state index in [1.165, 1.54) is 12.1 Å². The molecule has 2 aromatic heterocycles. The van der Waals surface area contributed by atoms with Crippen molar-refractivity contribution in [2.24, 2.45) is 7.05 Å². The van der Waals surface area contributed by atoms with E-state index in [1.807, 2.05) is 6.07 Å². The Balaban J connectivity index is 1.56. The molecule has 0 bridgehead atoms. The first-order valence-corrected chi connectivity index (χ1v) is 7.16. The molecule has 0 aliphatic carbocycles. The third kappa shape index (κ3) is 4.16. The van der Waals surface area contributed by atoms with Gasteiger partial charge in [-0.1, -0.05) is 11.8 Å². The van der Waals surface area contributed by atoms with Crippen LogP contribution in [0.25, 0.3) is 0 Å². The summed E-state index contributed by atoms with van der Waals surface area (Å²) in [5.41, 5.74) is 1.37. The van der Waals surface area contributed by atoms with Crippen LogP contribution < -0.4 is 5.32 Å². The third-order valence-corrected chi connectivity index (χ3v) is 3.69. The zero-order valence-electron chi connectivity index (χ0n) is 10.6. The van der Waals surface area contributed by atoms with Gasteiger partial charge in [-0.3, -0.25) is 0 Å². The normalized spacial score (nSPS) is 10.7. The highest BCUT2D eigenvalue weighted by Gasteiger charge is 2.00. The highest BCUT2D eigenvalue weighted by molar-refractivity contribution is 7.99.